The van der Waals surface area contributed by atoms with Crippen molar-refractivity contribution >= 4 is 23.7 Å². The number of carbonyl (C=O) groups is 4. The number of hydrogen-bond donors (Lipinski definition) is 2. The van der Waals surface area contributed by atoms with Gasteiger partial charge in [0.15, 0.2) is 5.78 Å². The van der Waals surface area contributed by atoms with Gasteiger partial charge in [0, 0.05) is 27.0 Å². The number of rotatable bonds is 6. The Morgan fingerprint density at radius 1 is 1.19 bits per heavy atom. The summed E-state index contributed by atoms with van der Waals surface area (Å²) in [4.78, 5) is 52.4. The minimum absolute atomic E-state index is 0. The predicted octanol–water partition coefficient (Wildman–Crippen LogP) is 2.38. The fourth-order valence-electron chi connectivity index (χ4n) is 3.87. The average molecular weight is 618 g/mol. The van der Waals surface area contributed by atoms with Crippen molar-refractivity contribution < 1.29 is 45.0 Å². The van der Waals surface area contributed by atoms with Gasteiger partial charge in [0.05, 0.1) is 6.04 Å². The zero-order valence-corrected chi connectivity index (χ0v) is 23.0. The Morgan fingerprint density at radius 3 is 2.22 bits per heavy atom. The molecule has 2 rings (SSSR count). The number of likely N-dealkylation sites (tertiary alicyclic amines) is 1. The van der Waals surface area contributed by atoms with E-state index in [0.29, 0.717) is 12.8 Å². The summed E-state index contributed by atoms with van der Waals surface area (Å²) >= 11 is 0. The maximum absolute atomic E-state index is 13.4. The third kappa shape index (κ3) is 6.43. The Labute approximate surface area is 205 Å². The normalized spacial score (nSPS) is 25.8. The Kier molecular flexibility index (Phi) is 8.91. The number of ether oxygens (including phenoxy) is 1. The molecular formula is C23H36N3O5W-. The van der Waals surface area contributed by atoms with Crippen LogP contribution in [0.25, 0.3) is 0 Å². The van der Waals surface area contributed by atoms with Gasteiger partial charge in [-0.25, -0.2) is 4.79 Å². The number of nitrogens with one attached hydrogen (secondary N) is 2. The molecule has 4 atom stereocenters. The summed E-state index contributed by atoms with van der Waals surface area (Å²) in [6.07, 6.45) is 3.74. The second kappa shape index (κ2) is 10.1. The van der Waals surface area contributed by atoms with Crippen LogP contribution in [-0.2, 0) is 40.2 Å². The number of hydrogen-bond acceptors (Lipinski definition) is 5. The summed E-state index contributed by atoms with van der Waals surface area (Å²) in [5, 5.41) is 5.54. The average Bonchev–Trinajstić information content (AvgIpc) is 3.10. The number of amides is 3. The van der Waals surface area contributed by atoms with Crippen LogP contribution in [0.15, 0.2) is 12.7 Å². The first-order chi connectivity index (χ1) is 14.1. The van der Waals surface area contributed by atoms with E-state index in [1.807, 2.05) is 27.2 Å². The maximum atomic E-state index is 13.4. The zero-order valence-electron chi connectivity index (χ0n) is 20.1. The van der Waals surface area contributed by atoms with Gasteiger partial charge in [-0.3, -0.25) is 14.4 Å². The zero-order chi connectivity index (χ0) is 23.8. The summed E-state index contributed by atoms with van der Waals surface area (Å²) in [5.74, 6) is -0.948. The van der Waals surface area contributed by atoms with Gasteiger partial charge in [-0.05, 0) is 39.5 Å². The fourth-order valence-corrected chi connectivity index (χ4v) is 3.87. The molecule has 0 aromatic carbocycles. The fraction of sp³-hybridized carbons (Fsp3) is 0.696. The van der Waals surface area contributed by atoms with Gasteiger partial charge in [-0.15, -0.1) is 19.5 Å². The number of carbonyl (C=O) groups excluding carboxylic acids is 4. The van der Waals surface area contributed by atoms with Crippen molar-refractivity contribution in [3.63, 3.8) is 0 Å². The quantitative estimate of drug-likeness (QED) is 0.352. The molecule has 9 heteroatoms. The molecule has 1 saturated heterocycles. The predicted molar refractivity (Wildman–Crippen MR) is 117 cm³/mol. The molecule has 0 unspecified atom stereocenters. The Hall–Kier alpha value is -1.69. The van der Waals surface area contributed by atoms with Crippen molar-refractivity contribution in [3.8, 4) is 0 Å². The van der Waals surface area contributed by atoms with Crippen molar-refractivity contribution in [1.82, 2.24) is 15.5 Å². The summed E-state index contributed by atoms with van der Waals surface area (Å²) in [5.41, 5.74) is -2.23. The molecule has 0 aromatic heterocycles. The smallest absolute Gasteiger partial charge is 0.408 e. The van der Waals surface area contributed by atoms with Gasteiger partial charge in [-0.2, -0.15) is 0 Å². The topological polar surface area (TPSA) is 105 Å². The van der Waals surface area contributed by atoms with Crippen LogP contribution in [0.2, 0.25) is 0 Å². The van der Waals surface area contributed by atoms with E-state index in [1.165, 1.54) is 11.8 Å². The van der Waals surface area contributed by atoms with E-state index in [2.05, 4.69) is 17.2 Å². The summed E-state index contributed by atoms with van der Waals surface area (Å²) in [6, 6.07) is -1.62. The number of Topliss-reactive ketones (excluding diaryl/α,β-unsaturated/α-hetero) is 1. The standard InChI is InChI=1S/C23H36N3O5.W/c1-9-15-13-23(15,14(2)27)25-18(28)16-11-10-12-26(16)19(29)17(21(3,4)5)24-20(30)31-22(6,7)8;/h9-10,15-17H,1,11-13H2,2-8H3,(H,24,30)(H,25,28);/q-1;/t15-,16+,17-,23+;/m1./s1. The molecule has 1 heterocycles. The van der Waals surface area contributed by atoms with Gasteiger partial charge in [0.25, 0.3) is 0 Å². The van der Waals surface area contributed by atoms with Gasteiger partial charge < -0.3 is 26.7 Å². The first-order valence-electron chi connectivity index (χ1n) is 10.7. The molecule has 1 saturated carbocycles. The van der Waals surface area contributed by atoms with E-state index in [-0.39, 0.29) is 51.1 Å². The van der Waals surface area contributed by atoms with E-state index in [0.717, 1.165) is 0 Å². The van der Waals surface area contributed by atoms with Gasteiger partial charge in [0.1, 0.15) is 17.2 Å². The van der Waals surface area contributed by atoms with Crippen molar-refractivity contribution in [2.24, 2.45) is 11.3 Å². The minimum Gasteiger partial charge on any atom is -0.444 e. The van der Waals surface area contributed by atoms with Crippen LogP contribution in [0.5, 0.6) is 0 Å². The van der Waals surface area contributed by atoms with Gasteiger partial charge in [-0.1, -0.05) is 26.8 Å². The van der Waals surface area contributed by atoms with Crippen LogP contribution in [0.4, 0.5) is 4.79 Å². The summed E-state index contributed by atoms with van der Waals surface area (Å²) in [7, 11) is 0. The molecule has 3 amide bonds. The van der Waals surface area contributed by atoms with E-state index >= 15 is 0 Å². The van der Waals surface area contributed by atoms with Crippen LogP contribution in [0.3, 0.4) is 0 Å². The molecule has 32 heavy (non-hydrogen) atoms. The van der Waals surface area contributed by atoms with Gasteiger partial charge >= 0.3 is 6.09 Å². The summed E-state index contributed by atoms with van der Waals surface area (Å²) < 4.78 is 5.32. The monoisotopic (exact) mass is 618 g/mol. The minimum atomic E-state index is -0.922. The molecule has 2 aliphatic rings. The molecule has 0 aromatic rings. The molecular weight excluding hydrogens is 582 g/mol. The second-order valence-electron chi connectivity index (χ2n) is 10.5. The molecule has 0 bridgehead atoms. The molecule has 1 aliphatic heterocycles. The Morgan fingerprint density at radius 2 is 1.78 bits per heavy atom. The largest absolute Gasteiger partial charge is 0.444 e. The van der Waals surface area contributed by atoms with Crippen LogP contribution < -0.4 is 10.6 Å². The molecule has 8 nitrogen and oxygen atoms in total. The van der Waals surface area contributed by atoms with Crippen LogP contribution in [-0.4, -0.2) is 58.4 Å². The molecule has 2 N–H and O–H groups in total. The Balaban J connectivity index is 0.00000512. The number of ketones is 1. The first-order valence-corrected chi connectivity index (χ1v) is 10.7. The third-order valence-electron chi connectivity index (χ3n) is 5.73. The third-order valence-corrected chi connectivity index (χ3v) is 5.73. The second-order valence-corrected chi connectivity index (χ2v) is 10.5. The van der Waals surface area contributed by atoms with Crippen molar-refractivity contribution in [2.45, 2.75) is 84.5 Å². The molecule has 180 valence electrons. The van der Waals surface area contributed by atoms with Crippen LogP contribution in [0, 0.1) is 17.8 Å². The van der Waals surface area contributed by atoms with Crippen LogP contribution in [0.1, 0.15) is 61.3 Å². The van der Waals surface area contributed by atoms with Crippen LogP contribution >= 0.6 is 0 Å². The SMILES string of the molecule is C=C[C@@H]1C[C@]1(NC(=O)[C@@H]1C[CH-]CN1C(=O)[C@@H](NC(=O)OC(C)(C)C)C(C)(C)C)C(C)=O.[W]. The molecule has 0 spiro atoms. The Bertz CT molecular complexity index is 771. The van der Waals surface area contributed by atoms with Gasteiger partial charge in [0.2, 0.25) is 11.8 Å². The van der Waals surface area contributed by atoms with E-state index in [9.17, 15) is 19.2 Å². The molecule has 0 radical (unpaired) electrons. The van der Waals surface area contributed by atoms with E-state index in [1.54, 1.807) is 26.8 Å². The van der Waals surface area contributed by atoms with E-state index in [4.69, 9.17) is 4.74 Å². The maximum Gasteiger partial charge on any atom is 0.408 e. The molecule has 2 fully saturated rings. The van der Waals surface area contributed by atoms with E-state index < -0.39 is 34.7 Å². The number of nitrogens with zero attached hydrogens (tertiary/aromatic N) is 1. The number of alkyl carbamates (subject to hydrolysis) is 1. The van der Waals surface area contributed by atoms with Crippen molar-refractivity contribution in [1.29, 1.82) is 0 Å². The summed E-state index contributed by atoms with van der Waals surface area (Å²) in [6.45, 7) is 16.2. The first kappa shape index (κ1) is 28.3. The molecule has 1 aliphatic carbocycles. The van der Waals surface area contributed by atoms with Crippen molar-refractivity contribution in [2.75, 3.05) is 6.54 Å². The van der Waals surface area contributed by atoms with Crippen molar-refractivity contribution in [3.05, 3.63) is 19.1 Å².